The Kier molecular flexibility index (Phi) is 18.8. The van der Waals surface area contributed by atoms with Crippen molar-refractivity contribution in [1.82, 2.24) is 19.6 Å². The minimum atomic E-state index is -0.896. The van der Waals surface area contributed by atoms with Crippen LogP contribution in [0.4, 0.5) is 9.59 Å². The molecule has 0 bridgehead atoms. The third-order valence-corrected chi connectivity index (χ3v) is 9.58. The molecule has 0 aliphatic rings. The first kappa shape index (κ1) is 49.9. The summed E-state index contributed by atoms with van der Waals surface area (Å²) in [6.07, 6.45) is -0.896. The Balaban J connectivity index is 0.000000362. The number of aromatic nitrogens is 4. The van der Waals surface area contributed by atoms with Crippen LogP contribution in [0.5, 0.6) is 0 Å². The maximum atomic E-state index is 12.1. The molecule has 1 N–H and O–H groups in total. The first-order chi connectivity index (χ1) is 27.6. The summed E-state index contributed by atoms with van der Waals surface area (Å²) in [5.74, 6) is -0.102. The molecule has 0 aliphatic heterocycles. The van der Waals surface area contributed by atoms with E-state index in [1.165, 1.54) is 5.56 Å². The zero-order valence-electron chi connectivity index (χ0n) is 35.8. The van der Waals surface area contributed by atoms with Crippen LogP contribution < -0.4 is 0 Å². The predicted octanol–water partition coefficient (Wildman–Crippen LogP) is 12.9. The maximum absolute atomic E-state index is 12.1. The number of hydrogen-bond acceptors (Lipinski definition) is 8. The topological polar surface area (TPSA) is 126 Å². The maximum Gasteiger partial charge on any atom is 0.512 e. The molecule has 316 valence electrons. The van der Waals surface area contributed by atoms with Gasteiger partial charge in [0.25, 0.3) is 0 Å². The summed E-state index contributed by atoms with van der Waals surface area (Å²) in [6, 6.07) is 15.3. The molecule has 2 aromatic carbocycles. The SMILES string of the molecule is CCOC(=O)Cl.[C-]#[N+]C(=C(O)c1c(Cl)c(C)nn1CC)c1ccc(C(C)(C)C)cc1.[C-]#[N+]C(=C(OC(=O)OCC)c1c(Cl)c(C)nn1CC)c1ccc(C(C)(C)C)cc1. The second kappa shape index (κ2) is 22.2. The summed E-state index contributed by atoms with van der Waals surface area (Å²) in [4.78, 5) is 28.9. The van der Waals surface area contributed by atoms with Crippen molar-refractivity contribution >= 4 is 69.3 Å². The summed E-state index contributed by atoms with van der Waals surface area (Å²) < 4.78 is 17.8. The highest BCUT2D eigenvalue weighted by atomic mass is 35.5. The number of aliphatic hydroxyl groups is 1. The standard InChI is InChI=1S/C22H26ClN3O3.C19H22ClN3O.C3H5ClO2/c1-8-26-19(17(23)14(3)25-26)20(29-21(27)28-9-2)18(24-7)15-10-12-16(13-11-15)22(4,5)6;1-7-23-17(15(20)12(2)22-23)18(24)16(21-6)13-8-10-14(11-9-13)19(3,4)5;1-2-6-3(4)5/h10-13H,8-9H2,1-6H3;8-11,24H,7H2,1-5H3;2H2,1H3. The number of hydrogen-bond donors (Lipinski definition) is 1. The quantitative estimate of drug-likeness (QED) is 0.0763. The van der Waals surface area contributed by atoms with Crippen LogP contribution >= 0.6 is 34.8 Å². The third kappa shape index (κ3) is 13.4. The normalized spacial score (nSPS) is 11.9. The molecule has 12 nitrogen and oxygen atoms in total. The lowest BCUT2D eigenvalue weighted by Crippen LogP contribution is -2.12. The fourth-order valence-electron chi connectivity index (χ4n) is 5.44. The van der Waals surface area contributed by atoms with Gasteiger partial charge in [-0.25, -0.2) is 19.3 Å². The molecule has 4 rings (SSSR count). The number of nitrogens with zero attached hydrogens (tertiary/aromatic N) is 6. The monoisotopic (exact) mass is 866 g/mol. The molecule has 59 heavy (non-hydrogen) atoms. The van der Waals surface area contributed by atoms with Crippen LogP contribution in [-0.2, 0) is 38.1 Å². The molecular weight excluding hydrogens is 815 g/mol. The Morgan fingerprint density at radius 2 is 1.08 bits per heavy atom. The molecule has 0 atom stereocenters. The fraction of sp³-hybridized carbons (Fsp3) is 0.409. The van der Waals surface area contributed by atoms with Crippen LogP contribution in [0.15, 0.2) is 48.5 Å². The van der Waals surface area contributed by atoms with E-state index in [2.05, 4.69) is 66.2 Å². The average Bonchev–Trinajstić information content (AvgIpc) is 3.63. The van der Waals surface area contributed by atoms with E-state index < -0.39 is 11.6 Å². The second-order valence-corrected chi connectivity index (χ2v) is 15.9. The van der Waals surface area contributed by atoms with Crippen molar-refractivity contribution in [3.8, 4) is 0 Å². The van der Waals surface area contributed by atoms with Gasteiger partial charge in [0.15, 0.2) is 11.5 Å². The van der Waals surface area contributed by atoms with Crippen molar-refractivity contribution < 1.29 is 28.9 Å². The average molecular weight is 868 g/mol. The number of rotatable bonds is 9. The molecule has 0 saturated heterocycles. The van der Waals surface area contributed by atoms with Gasteiger partial charge < -0.3 is 19.3 Å². The highest BCUT2D eigenvalue weighted by Crippen LogP contribution is 2.36. The largest absolute Gasteiger partial charge is 0.517 e. The van der Waals surface area contributed by atoms with Crippen LogP contribution in [0.2, 0.25) is 10.0 Å². The summed E-state index contributed by atoms with van der Waals surface area (Å²) in [5, 5.41) is 20.1. The van der Waals surface area contributed by atoms with Crippen molar-refractivity contribution in [2.45, 2.75) is 107 Å². The lowest BCUT2D eigenvalue weighted by atomic mass is 9.86. The molecule has 0 aliphatic carbocycles. The Hall–Kier alpha value is -5.27. The minimum Gasteiger partial charge on any atom is -0.517 e. The summed E-state index contributed by atoms with van der Waals surface area (Å²) in [7, 11) is 0. The zero-order valence-corrected chi connectivity index (χ0v) is 38.0. The van der Waals surface area contributed by atoms with Gasteiger partial charge >= 0.3 is 11.6 Å². The number of aryl methyl sites for hydroxylation is 4. The Bertz CT molecular complexity index is 2230. The van der Waals surface area contributed by atoms with Crippen LogP contribution in [0, 0.1) is 27.0 Å². The fourth-order valence-corrected chi connectivity index (χ4v) is 6.00. The Labute approximate surface area is 363 Å². The summed E-state index contributed by atoms with van der Waals surface area (Å²) in [5.41, 5.74) is 5.17. The first-order valence-electron chi connectivity index (χ1n) is 18.9. The van der Waals surface area contributed by atoms with E-state index in [0.29, 0.717) is 63.6 Å². The molecule has 4 aromatic rings. The Morgan fingerprint density at radius 3 is 1.42 bits per heavy atom. The minimum absolute atomic E-state index is 0.0218. The van der Waals surface area contributed by atoms with E-state index >= 15 is 0 Å². The van der Waals surface area contributed by atoms with Crippen LogP contribution in [0.25, 0.3) is 32.6 Å². The Morgan fingerprint density at radius 1 is 0.695 bits per heavy atom. The van der Waals surface area contributed by atoms with Gasteiger partial charge in [-0.2, -0.15) is 10.2 Å². The van der Waals surface area contributed by atoms with Crippen molar-refractivity contribution in [1.29, 1.82) is 0 Å². The van der Waals surface area contributed by atoms with E-state index in [-0.39, 0.29) is 40.3 Å². The lowest BCUT2D eigenvalue weighted by Gasteiger charge is -2.19. The zero-order chi connectivity index (χ0) is 44.8. The summed E-state index contributed by atoms with van der Waals surface area (Å²) in [6.45, 7) is 40.3. The highest BCUT2D eigenvalue weighted by Gasteiger charge is 2.27. The van der Waals surface area contributed by atoms with Crippen LogP contribution in [0.3, 0.4) is 0 Å². The van der Waals surface area contributed by atoms with E-state index in [1.54, 1.807) is 37.1 Å². The number of carbonyl (C=O) groups excluding carboxylic acids is 2. The summed E-state index contributed by atoms with van der Waals surface area (Å²) >= 11 is 17.5. The van der Waals surface area contributed by atoms with Crippen molar-refractivity contribution in [2.24, 2.45) is 0 Å². The van der Waals surface area contributed by atoms with Crippen molar-refractivity contribution in [2.75, 3.05) is 13.2 Å². The van der Waals surface area contributed by atoms with Crippen LogP contribution in [0.1, 0.15) is 114 Å². The molecule has 0 fully saturated rings. The van der Waals surface area contributed by atoms with Crippen molar-refractivity contribution in [3.63, 3.8) is 0 Å². The van der Waals surface area contributed by atoms with E-state index in [0.717, 1.165) is 5.56 Å². The van der Waals surface area contributed by atoms with Gasteiger partial charge in [-0.05, 0) is 74.6 Å². The smallest absolute Gasteiger partial charge is 0.512 e. The molecule has 0 spiro atoms. The molecule has 2 aromatic heterocycles. The molecule has 0 unspecified atom stereocenters. The second-order valence-electron chi connectivity index (χ2n) is 14.8. The number of benzene rings is 2. The van der Waals surface area contributed by atoms with E-state index in [1.807, 2.05) is 62.4 Å². The molecule has 0 radical (unpaired) electrons. The predicted molar refractivity (Wildman–Crippen MR) is 236 cm³/mol. The first-order valence-corrected chi connectivity index (χ1v) is 20.0. The van der Waals surface area contributed by atoms with Gasteiger partial charge in [0.2, 0.25) is 11.4 Å². The lowest BCUT2D eigenvalue weighted by molar-refractivity contribution is 0.0951. The number of aliphatic hydroxyl groups excluding tert-OH is 1. The molecule has 15 heteroatoms. The van der Waals surface area contributed by atoms with Gasteiger partial charge in [0.1, 0.15) is 11.4 Å². The van der Waals surface area contributed by atoms with Crippen molar-refractivity contribution in [3.05, 3.63) is 126 Å². The highest BCUT2D eigenvalue weighted by molar-refractivity contribution is 6.61. The van der Waals surface area contributed by atoms with Gasteiger partial charge in [0, 0.05) is 24.7 Å². The van der Waals surface area contributed by atoms with Gasteiger partial charge in [-0.1, -0.05) is 113 Å². The number of halogens is 3. The molecule has 0 amide bonds. The third-order valence-electron chi connectivity index (χ3n) is 8.56. The number of ether oxygens (including phenoxy) is 3. The van der Waals surface area contributed by atoms with Gasteiger partial charge in [0.05, 0.1) is 47.8 Å². The van der Waals surface area contributed by atoms with Gasteiger partial charge in [-0.3, -0.25) is 9.36 Å². The van der Waals surface area contributed by atoms with Gasteiger partial charge in [-0.15, -0.1) is 0 Å². The molecule has 2 heterocycles. The number of carbonyl (C=O) groups is 2. The van der Waals surface area contributed by atoms with Crippen LogP contribution in [-0.4, -0.2) is 49.5 Å². The molecular formula is C44H53Cl3N6O6. The van der Waals surface area contributed by atoms with E-state index in [4.69, 9.17) is 57.4 Å². The molecule has 0 saturated carbocycles. The van der Waals surface area contributed by atoms with E-state index in [9.17, 15) is 14.7 Å².